The van der Waals surface area contributed by atoms with Crippen LogP contribution in [0.15, 0.2) is 0 Å². The molecule has 0 bridgehead atoms. The topological polar surface area (TPSA) is 160 Å². The van der Waals surface area contributed by atoms with E-state index in [4.69, 9.17) is 10.5 Å². The van der Waals surface area contributed by atoms with Crippen LogP contribution in [-0.4, -0.2) is 71.3 Å². The summed E-state index contributed by atoms with van der Waals surface area (Å²) in [5, 5.41) is 17.1. The van der Waals surface area contributed by atoms with Crippen molar-refractivity contribution in [1.29, 1.82) is 0 Å². The number of unbranched alkanes of at least 4 members (excludes halogenated alkanes) is 1. The summed E-state index contributed by atoms with van der Waals surface area (Å²) in [6.45, 7) is 9.10. The second-order valence-corrected chi connectivity index (χ2v) is 9.88. The lowest BCUT2D eigenvalue weighted by Gasteiger charge is -2.27. The number of carbonyl (C=O) groups is 4. The van der Waals surface area contributed by atoms with E-state index < -0.39 is 47.6 Å². The van der Waals surface area contributed by atoms with Crippen molar-refractivity contribution >= 4 is 35.6 Å². The number of nitrogens with two attached hydrogens (primary N) is 1. The molecule has 0 heterocycles. The molecular formula is C21H40N4O6S. The average molecular weight is 477 g/mol. The molecule has 3 amide bonds. The van der Waals surface area contributed by atoms with E-state index in [0.29, 0.717) is 31.6 Å². The van der Waals surface area contributed by atoms with Gasteiger partial charge in [0.1, 0.15) is 23.7 Å². The zero-order chi connectivity index (χ0) is 24.9. The molecule has 0 unspecified atom stereocenters. The van der Waals surface area contributed by atoms with Gasteiger partial charge in [-0.2, -0.15) is 11.8 Å². The molecule has 0 saturated heterocycles. The highest BCUT2D eigenvalue weighted by Gasteiger charge is 2.31. The minimum Gasteiger partial charge on any atom is -0.480 e. The van der Waals surface area contributed by atoms with Gasteiger partial charge in [-0.05, 0) is 70.9 Å². The summed E-state index contributed by atoms with van der Waals surface area (Å²) >= 11 is 1.50. The van der Waals surface area contributed by atoms with Gasteiger partial charge < -0.3 is 31.5 Å². The molecule has 32 heavy (non-hydrogen) atoms. The summed E-state index contributed by atoms with van der Waals surface area (Å²) < 4.78 is 5.22. The third-order valence-corrected chi connectivity index (χ3v) is 5.07. The summed E-state index contributed by atoms with van der Waals surface area (Å²) in [4.78, 5) is 49.4. The molecule has 0 fully saturated rings. The lowest BCUT2D eigenvalue weighted by Crippen LogP contribution is -2.57. The summed E-state index contributed by atoms with van der Waals surface area (Å²) in [6, 6.07) is -2.93. The van der Waals surface area contributed by atoms with Crippen LogP contribution < -0.4 is 21.7 Å². The second kappa shape index (κ2) is 14.9. The van der Waals surface area contributed by atoms with Gasteiger partial charge in [0.05, 0.1) is 0 Å². The van der Waals surface area contributed by atoms with Gasteiger partial charge in [-0.25, -0.2) is 9.59 Å². The summed E-state index contributed by atoms with van der Waals surface area (Å²) in [5.74, 6) is -1.95. The number of amides is 3. The average Bonchev–Trinajstić information content (AvgIpc) is 2.66. The van der Waals surface area contributed by atoms with Crippen LogP contribution in [0, 0.1) is 5.92 Å². The summed E-state index contributed by atoms with van der Waals surface area (Å²) in [5.41, 5.74) is 4.72. The van der Waals surface area contributed by atoms with Crippen molar-refractivity contribution in [3.05, 3.63) is 0 Å². The zero-order valence-corrected chi connectivity index (χ0v) is 20.8. The van der Waals surface area contributed by atoms with Crippen molar-refractivity contribution < 1.29 is 29.0 Å². The maximum atomic E-state index is 12.9. The van der Waals surface area contributed by atoms with Crippen molar-refractivity contribution in [3.8, 4) is 0 Å². The van der Waals surface area contributed by atoms with Gasteiger partial charge >= 0.3 is 12.1 Å². The third-order valence-electron chi connectivity index (χ3n) is 4.43. The molecule has 0 aromatic heterocycles. The fourth-order valence-corrected chi connectivity index (χ4v) is 3.23. The molecule has 0 rings (SSSR count). The molecule has 0 aliphatic carbocycles. The largest absolute Gasteiger partial charge is 0.480 e. The standard InChI is InChI=1S/C21H40N4O6S/c1-13(2)16(25-20(30)31-21(3,4)5)18(27)23-14(10-12-32-6)17(26)24-15(19(28)29)9-7-8-11-22/h13-16H,7-12,22H2,1-6H3,(H,23,27)(H,24,26)(H,25,30)(H,28,29)/t14-,15-,16-/m0/s1. The Bertz CT molecular complexity index is 624. The van der Waals surface area contributed by atoms with Crippen LogP contribution in [0.3, 0.4) is 0 Å². The number of thioether (sulfide) groups is 1. The van der Waals surface area contributed by atoms with Crippen LogP contribution in [-0.2, 0) is 19.1 Å². The predicted molar refractivity (Wildman–Crippen MR) is 125 cm³/mol. The smallest absolute Gasteiger partial charge is 0.408 e. The lowest BCUT2D eigenvalue weighted by molar-refractivity contribution is -0.142. The predicted octanol–water partition coefficient (Wildman–Crippen LogP) is 1.47. The van der Waals surface area contributed by atoms with Crippen molar-refractivity contribution in [2.24, 2.45) is 11.7 Å². The Morgan fingerprint density at radius 1 is 0.969 bits per heavy atom. The molecule has 3 atom stereocenters. The number of hydrogen-bond acceptors (Lipinski definition) is 7. The van der Waals surface area contributed by atoms with Gasteiger partial charge in [0.25, 0.3) is 0 Å². The minimum absolute atomic E-state index is 0.246. The number of aliphatic carboxylic acids is 1. The number of alkyl carbamates (subject to hydrolysis) is 1. The highest BCUT2D eigenvalue weighted by molar-refractivity contribution is 7.98. The first kappa shape index (κ1) is 30.0. The molecule has 186 valence electrons. The molecule has 0 aromatic rings. The highest BCUT2D eigenvalue weighted by atomic mass is 32.2. The number of carboxylic acids is 1. The number of carbonyl (C=O) groups excluding carboxylic acids is 3. The van der Waals surface area contributed by atoms with Gasteiger partial charge in [0.15, 0.2) is 0 Å². The van der Waals surface area contributed by atoms with Crippen LogP contribution in [0.4, 0.5) is 4.79 Å². The Kier molecular flexibility index (Phi) is 14.0. The lowest BCUT2D eigenvalue weighted by atomic mass is 10.0. The van der Waals surface area contributed by atoms with E-state index in [2.05, 4.69) is 16.0 Å². The van der Waals surface area contributed by atoms with Crippen LogP contribution in [0.2, 0.25) is 0 Å². The van der Waals surface area contributed by atoms with E-state index in [9.17, 15) is 24.3 Å². The maximum absolute atomic E-state index is 12.9. The quantitative estimate of drug-likeness (QED) is 0.236. The molecule has 11 heteroatoms. The van der Waals surface area contributed by atoms with E-state index >= 15 is 0 Å². The van der Waals surface area contributed by atoms with Gasteiger partial charge in [0, 0.05) is 0 Å². The van der Waals surface area contributed by atoms with Crippen LogP contribution >= 0.6 is 11.8 Å². The monoisotopic (exact) mass is 476 g/mol. The first-order valence-electron chi connectivity index (χ1n) is 10.8. The minimum atomic E-state index is -1.14. The van der Waals surface area contributed by atoms with Crippen LogP contribution in [0.1, 0.15) is 60.3 Å². The van der Waals surface area contributed by atoms with Crippen molar-refractivity contribution in [1.82, 2.24) is 16.0 Å². The van der Waals surface area contributed by atoms with Gasteiger partial charge in [-0.15, -0.1) is 0 Å². The van der Waals surface area contributed by atoms with Crippen LogP contribution in [0.25, 0.3) is 0 Å². The van der Waals surface area contributed by atoms with Crippen molar-refractivity contribution in [2.45, 2.75) is 84.0 Å². The first-order valence-corrected chi connectivity index (χ1v) is 12.2. The van der Waals surface area contributed by atoms with Gasteiger partial charge in [-0.1, -0.05) is 13.8 Å². The molecule has 0 aliphatic heterocycles. The third kappa shape index (κ3) is 12.7. The first-order chi connectivity index (χ1) is 14.8. The highest BCUT2D eigenvalue weighted by Crippen LogP contribution is 2.10. The van der Waals surface area contributed by atoms with E-state index in [0.717, 1.165) is 0 Å². The molecular weight excluding hydrogens is 436 g/mol. The van der Waals surface area contributed by atoms with Crippen molar-refractivity contribution in [3.63, 3.8) is 0 Å². The van der Waals surface area contributed by atoms with Gasteiger partial charge in [-0.3, -0.25) is 9.59 Å². The molecule has 0 radical (unpaired) electrons. The van der Waals surface area contributed by atoms with Crippen molar-refractivity contribution in [2.75, 3.05) is 18.6 Å². The molecule has 10 nitrogen and oxygen atoms in total. The van der Waals surface area contributed by atoms with Crippen LogP contribution in [0.5, 0.6) is 0 Å². The zero-order valence-electron chi connectivity index (χ0n) is 20.0. The van der Waals surface area contributed by atoms with E-state index in [1.165, 1.54) is 11.8 Å². The normalized spacial score (nSPS) is 14.2. The maximum Gasteiger partial charge on any atom is 0.408 e. The Morgan fingerprint density at radius 3 is 2.03 bits per heavy atom. The Hall–Kier alpha value is -2.01. The molecule has 0 spiro atoms. The summed E-state index contributed by atoms with van der Waals surface area (Å²) in [6.07, 6.45) is 2.90. The molecule has 0 saturated carbocycles. The molecule has 0 aliphatic rings. The second-order valence-electron chi connectivity index (χ2n) is 8.89. The number of hydrogen-bond donors (Lipinski definition) is 5. The number of rotatable bonds is 14. The van der Waals surface area contributed by atoms with E-state index in [1.54, 1.807) is 34.6 Å². The number of nitrogens with one attached hydrogen (secondary N) is 3. The van der Waals surface area contributed by atoms with E-state index in [1.807, 2.05) is 6.26 Å². The van der Waals surface area contributed by atoms with Gasteiger partial charge in [0.2, 0.25) is 11.8 Å². The Labute approximate surface area is 195 Å². The fraction of sp³-hybridized carbons (Fsp3) is 0.810. The Morgan fingerprint density at radius 2 is 1.56 bits per heavy atom. The van der Waals surface area contributed by atoms with E-state index in [-0.39, 0.29) is 12.3 Å². The molecule has 0 aromatic carbocycles. The number of ether oxygens (including phenoxy) is 1. The Balaban J connectivity index is 5.30. The summed E-state index contributed by atoms with van der Waals surface area (Å²) in [7, 11) is 0. The SMILES string of the molecule is CSCC[C@H](NC(=O)[C@@H](NC(=O)OC(C)(C)C)C(C)C)C(=O)N[C@@H](CCCCN)C(=O)O. The molecule has 6 N–H and O–H groups in total. The fourth-order valence-electron chi connectivity index (χ4n) is 2.76. The number of carboxylic acid groups (broad SMARTS) is 1.